The molecule has 11 nitrogen and oxygen atoms in total. The number of hydrogen-bond acceptors (Lipinski definition) is 8. The Kier molecular flexibility index (Phi) is 8.28. The van der Waals surface area contributed by atoms with Crippen molar-refractivity contribution < 1.29 is 22.7 Å². The fraction of sp³-hybridized carbons (Fsp3) is 0.478. The molecule has 1 atom stereocenters. The standard InChI is InChI=1S/C23H31N5O6S/c1-6-8-18-20-21(28(5)26-18)23(30)25-22(24-20)17-12-16(9-10-19(17)33-11-7-2)35(31,32)27-14(3)13-34-15(4)29/h9-10,12,14,27H,6-8,11,13H2,1-5H3,(H,24,25,30). The maximum atomic E-state index is 13.0. The number of aromatic nitrogens is 4. The summed E-state index contributed by atoms with van der Waals surface area (Å²) >= 11 is 0. The first-order valence-corrected chi connectivity index (χ1v) is 12.9. The van der Waals surface area contributed by atoms with Crippen molar-refractivity contribution in [2.75, 3.05) is 13.2 Å². The fourth-order valence-corrected chi connectivity index (χ4v) is 4.84. The molecule has 35 heavy (non-hydrogen) atoms. The molecule has 0 aliphatic heterocycles. The van der Waals surface area contributed by atoms with Gasteiger partial charge in [0.1, 0.15) is 23.7 Å². The summed E-state index contributed by atoms with van der Waals surface area (Å²) in [5.41, 5.74) is 1.46. The average molecular weight is 506 g/mol. The van der Waals surface area contributed by atoms with Crippen LogP contribution in [0.25, 0.3) is 22.4 Å². The Bertz CT molecular complexity index is 1380. The highest BCUT2D eigenvalue weighted by atomic mass is 32.2. The molecule has 190 valence electrons. The van der Waals surface area contributed by atoms with Gasteiger partial charge in [-0.15, -0.1) is 0 Å². The van der Waals surface area contributed by atoms with E-state index in [0.717, 1.165) is 12.8 Å². The molecule has 0 spiro atoms. The molecule has 0 saturated carbocycles. The van der Waals surface area contributed by atoms with Crippen LogP contribution in [0.3, 0.4) is 0 Å². The number of carbonyl (C=O) groups is 1. The molecule has 3 aromatic rings. The van der Waals surface area contributed by atoms with Crippen molar-refractivity contribution >= 4 is 27.0 Å². The highest BCUT2D eigenvalue weighted by Gasteiger charge is 2.23. The number of ether oxygens (including phenoxy) is 2. The predicted molar refractivity (Wildman–Crippen MR) is 131 cm³/mol. The van der Waals surface area contributed by atoms with Crippen LogP contribution >= 0.6 is 0 Å². The number of sulfonamides is 1. The lowest BCUT2D eigenvalue weighted by atomic mass is 10.1. The van der Waals surface area contributed by atoms with Crippen LogP contribution in [0.5, 0.6) is 5.75 Å². The van der Waals surface area contributed by atoms with E-state index in [4.69, 9.17) is 9.47 Å². The summed E-state index contributed by atoms with van der Waals surface area (Å²) in [5.74, 6) is 0.0742. The number of esters is 1. The summed E-state index contributed by atoms with van der Waals surface area (Å²) in [6.45, 7) is 7.09. The number of H-pyrrole nitrogens is 1. The van der Waals surface area contributed by atoms with Crippen LogP contribution in [0.2, 0.25) is 0 Å². The van der Waals surface area contributed by atoms with Gasteiger partial charge >= 0.3 is 5.97 Å². The van der Waals surface area contributed by atoms with E-state index in [1.165, 1.54) is 29.8 Å². The number of fused-ring (bicyclic) bond motifs is 1. The smallest absolute Gasteiger partial charge is 0.302 e. The molecular weight excluding hydrogens is 474 g/mol. The number of nitrogens with one attached hydrogen (secondary N) is 2. The number of aryl methyl sites for hydroxylation is 2. The van der Waals surface area contributed by atoms with Crippen molar-refractivity contribution in [2.45, 2.75) is 57.9 Å². The number of carbonyl (C=O) groups excluding carboxylic acids is 1. The van der Waals surface area contributed by atoms with Crippen LogP contribution in [-0.4, -0.2) is 53.4 Å². The number of aromatic amines is 1. The van der Waals surface area contributed by atoms with Crippen LogP contribution < -0.4 is 15.0 Å². The van der Waals surface area contributed by atoms with Gasteiger partial charge in [0, 0.05) is 14.0 Å². The summed E-state index contributed by atoms with van der Waals surface area (Å²) in [5, 5.41) is 4.43. The van der Waals surface area contributed by atoms with Crippen LogP contribution in [-0.2, 0) is 33.0 Å². The first-order chi connectivity index (χ1) is 16.6. The zero-order valence-electron chi connectivity index (χ0n) is 20.5. The molecule has 0 bridgehead atoms. The molecule has 0 aliphatic carbocycles. The van der Waals surface area contributed by atoms with Gasteiger partial charge < -0.3 is 14.5 Å². The van der Waals surface area contributed by atoms with E-state index in [0.29, 0.717) is 41.1 Å². The van der Waals surface area contributed by atoms with Gasteiger partial charge in [-0.05, 0) is 38.0 Å². The van der Waals surface area contributed by atoms with Gasteiger partial charge in [-0.25, -0.2) is 18.1 Å². The predicted octanol–water partition coefficient (Wildman–Crippen LogP) is 2.29. The summed E-state index contributed by atoms with van der Waals surface area (Å²) < 4.78 is 40.7. The Morgan fingerprint density at radius 3 is 2.66 bits per heavy atom. The lowest BCUT2D eigenvalue weighted by Crippen LogP contribution is -2.36. The summed E-state index contributed by atoms with van der Waals surface area (Å²) in [6, 6.07) is 3.71. The quantitative estimate of drug-likeness (QED) is 0.378. The molecule has 0 radical (unpaired) electrons. The van der Waals surface area contributed by atoms with Crippen LogP contribution in [0.4, 0.5) is 0 Å². The SMILES string of the molecule is CCCOc1ccc(S(=O)(=O)NC(C)COC(C)=O)cc1-c1nc2c(CCC)nn(C)c2c(=O)[nH]1. The maximum Gasteiger partial charge on any atom is 0.302 e. The minimum Gasteiger partial charge on any atom is -0.493 e. The lowest BCUT2D eigenvalue weighted by Gasteiger charge is -2.16. The molecule has 2 N–H and O–H groups in total. The van der Waals surface area contributed by atoms with Gasteiger partial charge in [-0.2, -0.15) is 5.10 Å². The molecule has 1 unspecified atom stereocenters. The Morgan fingerprint density at radius 1 is 1.26 bits per heavy atom. The van der Waals surface area contributed by atoms with Crippen LogP contribution in [0.1, 0.15) is 46.2 Å². The molecule has 2 aromatic heterocycles. The third kappa shape index (κ3) is 6.06. The molecule has 12 heteroatoms. The van der Waals surface area contributed by atoms with Gasteiger partial charge in [0.05, 0.1) is 28.8 Å². The highest BCUT2D eigenvalue weighted by Crippen LogP contribution is 2.31. The molecule has 0 aliphatic rings. The first-order valence-electron chi connectivity index (χ1n) is 11.5. The van der Waals surface area contributed by atoms with Gasteiger partial charge in [0.15, 0.2) is 5.52 Å². The van der Waals surface area contributed by atoms with E-state index in [2.05, 4.69) is 19.8 Å². The van der Waals surface area contributed by atoms with Gasteiger partial charge in [0.25, 0.3) is 5.56 Å². The van der Waals surface area contributed by atoms with E-state index in [1.807, 2.05) is 13.8 Å². The first kappa shape index (κ1) is 26.4. The lowest BCUT2D eigenvalue weighted by molar-refractivity contribution is -0.141. The number of benzene rings is 1. The van der Waals surface area contributed by atoms with Gasteiger partial charge in [0.2, 0.25) is 10.0 Å². The van der Waals surface area contributed by atoms with E-state index in [-0.39, 0.29) is 22.9 Å². The van der Waals surface area contributed by atoms with Crippen molar-refractivity contribution in [1.29, 1.82) is 0 Å². The van der Waals surface area contributed by atoms with E-state index >= 15 is 0 Å². The summed E-state index contributed by atoms with van der Waals surface area (Å²) in [4.78, 5) is 31.3. The molecular formula is C23H31N5O6S. The molecule has 1 aromatic carbocycles. The fourth-order valence-electron chi connectivity index (χ4n) is 3.59. The Balaban J connectivity index is 2.10. The van der Waals surface area contributed by atoms with E-state index in [9.17, 15) is 18.0 Å². The third-order valence-corrected chi connectivity index (χ3v) is 6.71. The molecule has 2 heterocycles. The van der Waals surface area contributed by atoms with Crippen molar-refractivity contribution in [3.8, 4) is 17.1 Å². The second-order valence-corrected chi connectivity index (χ2v) is 9.98. The Hall–Kier alpha value is -3.25. The molecule has 3 rings (SSSR count). The largest absolute Gasteiger partial charge is 0.493 e. The minimum atomic E-state index is -3.97. The summed E-state index contributed by atoms with van der Waals surface area (Å²) in [6.07, 6.45) is 2.21. The average Bonchev–Trinajstić information content (AvgIpc) is 3.11. The van der Waals surface area contributed by atoms with Gasteiger partial charge in [-0.3, -0.25) is 14.3 Å². The number of rotatable bonds is 11. The van der Waals surface area contributed by atoms with Crippen LogP contribution in [0, 0.1) is 0 Å². The monoisotopic (exact) mass is 505 g/mol. The number of nitrogens with zero attached hydrogens (tertiary/aromatic N) is 3. The van der Waals surface area contributed by atoms with Crippen molar-refractivity contribution in [2.24, 2.45) is 7.05 Å². The number of hydrogen-bond donors (Lipinski definition) is 2. The second-order valence-electron chi connectivity index (χ2n) is 8.26. The Morgan fingerprint density at radius 2 is 2.00 bits per heavy atom. The Labute approximate surface area is 203 Å². The molecule has 0 fully saturated rings. The normalized spacial score (nSPS) is 12.6. The minimum absolute atomic E-state index is 0.0475. The van der Waals surface area contributed by atoms with E-state index in [1.54, 1.807) is 14.0 Å². The molecule has 0 saturated heterocycles. The van der Waals surface area contributed by atoms with Gasteiger partial charge in [-0.1, -0.05) is 20.3 Å². The topological polar surface area (TPSA) is 145 Å². The maximum absolute atomic E-state index is 13.0. The third-order valence-electron chi connectivity index (χ3n) is 5.12. The zero-order chi connectivity index (χ0) is 25.8. The molecule has 0 amide bonds. The second kappa shape index (κ2) is 11.0. The zero-order valence-corrected chi connectivity index (χ0v) is 21.4. The van der Waals surface area contributed by atoms with E-state index < -0.39 is 22.0 Å². The summed E-state index contributed by atoms with van der Waals surface area (Å²) in [7, 11) is -2.29. The van der Waals surface area contributed by atoms with Crippen molar-refractivity contribution in [1.82, 2.24) is 24.5 Å². The van der Waals surface area contributed by atoms with Crippen LogP contribution in [0.15, 0.2) is 27.9 Å². The van der Waals surface area contributed by atoms with Crippen molar-refractivity contribution in [3.05, 3.63) is 34.2 Å². The van der Waals surface area contributed by atoms with Crippen molar-refractivity contribution in [3.63, 3.8) is 0 Å². The highest BCUT2D eigenvalue weighted by molar-refractivity contribution is 7.89.